The van der Waals surface area contributed by atoms with Crippen molar-refractivity contribution in [2.24, 2.45) is 0 Å². The molecule has 0 bridgehead atoms. The molecule has 1 N–H and O–H groups in total. The second-order valence-electron chi connectivity index (χ2n) is 8.96. The number of sulfonamides is 1. The molecule has 8 heteroatoms. The maximum absolute atomic E-state index is 13.6. The molecule has 0 unspecified atom stereocenters. The van der Waals surface area contributed by atoms with Gasteiger partial charge in [-0.1, -0.05) is 68.8 Å². The SMILES string of the molecule is CCCNC(=O)[C@@H](C)N(Cc1ccc(C)cc1)C(=O)CN(c1ccccc1C(C)C)S(C)(=O)=O. The Morgan fingerprint density at radius 1 is 1.00 bits per heavy atom. The van der Waals surface area contributed by atoms with Gasteiger partial charge in [0.1, 0.15) is 12.6 Å². The molecule has 0 heterocycles. The van der Waals surface area contributed by atoms with Crippen LogP contribution >= 0.6 is 0 Å². The number of hydrogen-bond donors (Lipinski definition) is 1. The van der Waals surface area contributed by atoms with Crippen LogP contribution in [-0.2, 0) is 26.2 Å². The first kappa shape index (κ1) is 27.4. The summed E-state index contributed by atoms with van der Waals surface area (Å²) < 4.78 is 26.7. The van der Waals surface area contributed by atoms with E-state index >= 15 is 0 Å². The highest BCUT2D eigenvalue weighted by molar-refractivity contribution is 7.92. The summed E-state index contributed by atoms with van der Waals surface area (Å²) in [6.07, 6.45) is 1.87. The largest absolute Gasteiger partial charge is 0.354 e. The molecule has 0 saturated carbocycles. The minimum Gasteiger partial charge on any atom is -0.354 e. The summed E-state index contributed by atoms with van der Waals surface area (Å²) >= 11 is 0. The maximum Gasteiger partial charge on any atom is 0.244 e. The Bertz CT molecular complexity index is 1080. The molecule has 0 spiro atoms. The van der Waals surface area contributed by atoms with E-state index < -0.39 is 22.0 Å². The van der Waals surface area contributed by atoms with E-state index in [9.17, 15) is 18.0 Å². The number of nitrogens with one attached hydrogen (secondary N) is 1. The average Bonchev–Trinajstić information content (AvgIpc) is 2.79. The van der Waals surface area contributed by atoms with E-state index in [4.69, 9.17) is 0 Å². The molecule has 2 aromatic rings. The number of benzene rings is 2. The normalized spacial score (nSPS) is 12.3. The van der Waals surface area contributed by atoms with Gasteiger partial charge in [-0.25, -0.2) is 8.42 Å². The van der Waals surface area contributed by atoms with Gasteiger partial charge in [-0.05, 0) is 43.4 Å². The molecule has 0 saturated heterocycles. The highest BCUT2D eigenvalue weighted by Crippen LogP contribution is 2.29. The fourth-order valence-electron chi connectivity index (χ4n) is 3.67. The number of carbonyl (C=O) groups excluding carboxylic acids is 2. The monoisotopic (exact) mass is 487 g/mol. The molecule has 2 rings (SSSR count). The smallest absolute Gasteiger partial charge is 0.244 e. The minimum absolute atomic E-state index is 0.0676. The quantitative estimate of drug-likeness (QED) is 0.522. The van der Waals surface area contributed by atoms with Gasteiger partial charge in [-0.3, -0.25) is 13.9 Å². The molecule has 2 amide bonds. The lowest BCUT2D eigenvalue weighted by atomic mass is 10.0. The van der Waals surface area contributed by atoms with Crippen LogP contribution in [0.1, 0.15) is 56.7 Å². The van der Waals surface area contributed by atoms with Gasteiger partial charge in [0.15, 0.2) is 0 Å². The van der Waals surface area contributed by atoms with Crippen molar-refractivity contribution in [3.8, 4) is 0 Å². The predicted molar refractivity (Wildman–Crippen MR) is 137 cm³/mol. The summed E-state index contributed by atoms with van der Waals surface area (Å²) in [6, 6.07) is 14.1. The molecule has 0 radical (unpaired) electrons. The minimum atomic E-state index is -3.76. The van der Waals surface area contributed by atoms with Gasteiger partial charge in [0, 0.05) is 13.1 Å². The van der Waals surface area contributed by atoms with Crippen molar-refractivity contribution in [2.75, 3.05) is 23.7 Å². The lowest BCUT2D eigenvalue weighted by Crippen LogP contribution is -2.51. The zero-order chi connectivity index (χ0) is 25.5. The highest BCUT2D eigenvalue weighted by atomic mass is 32.2. The third kappa shape index (κ3) is 7.32. The molecular formula is C26H37N3O4S. The van der Waals surface area contributed by atoms with Gasteiger partial charge in [0.05, 0.1) is 11.9 Å². The van der Waals surface area contributed by atoms with E-state index in [2.05, 4.69) is 5.32 Å². The molecule has 0 aliphatic carbocycles. The van der Waals surface area contributed by atoms with Crippen LogP contribution < -0.4 is 9.62 Å². The summed E-state index contributed by atoms with van der Waals surface area (Å²) in [6.45, 7) is 9.87. The van der Waals surface area contributed by atoms with Crippen molar-refractivity contribution in [1.29, 1.82) is 0 Å². The van der Waals surface area contributed by atoms with Crippen molar-refractivity contribution in [3.63, 3.8) is 0 Å². The van der Waals surface area contributed by atoms with Gasteiger partial charge in [0.25, 0.3) is 0 Å². The molecule has 34 heavy (non-hydrogen) atoms. The standard InChI is InChI=1S/C26H37N3O4S/c1-7-16-27-26(31)21(5)28(17-22-14-12-20(4)13-15-22)25(30)18-29(34(6,32)33)24-11-9-8-10-23(24)19(2)3/h8-15,19,21H,7,16-18H2,1-6H3,(H,27,31)/t21-/m1/s1. The number of para-hydroxylation sites is 1. The molecule has 7 nitrogen and oxygen atoms in total. The lowest BCUT2D eigenvalue weighted by Gasteiger charge is -2.32. The van der Waals surface area contributed by atoms with Crippen LogP contribution in [0, 0.1) is 6.92 Å². The van der Waals surface area contributed by atoms with Crippen LogP contribution in [-0.4, -0.2) is 50.5 Å². The Labute approximate surface area is 204 Å². The summed E-state index contributed by atoms with van der Waals surface area (Å²) in [5, 5.41) is 2.84. The van der Waals surface area contributed by atoms with Crippen LogP contribution in [0.4, 0.5) is 5.69 Å². The van der Waals surface area contributed by atoms with Crippen molar-refractivity contribution in [2.45, 2.75) is 59.5 Å². The average molecular weight is 488 g/mol. The van der Waals surface area contributed by atoms with Crippen molar-refractivity contribution in [3.05, 3.63) is 65.2 Å². The summed E-state index contributed by atoms with van der Waals surface area (Å²) in [4.78, 5) is 27.8. The Morgan fingerprint density at radius 3 is 2.18 bits per heavy atom. The first-order valence-electron chi connectivity index (χ1n) is 11.6. The molecule has 0 aliphatic heterocycles. The summed E-state index contributed by atoms with van der Waals surface area (Å²) in [5.74, 6) is -0.641. The van der Waals surface area contributed by atoms with Crippen LogP contribution in [0.2, 0.25) is 0 Å². The van der Waals surface area contributed by atoms with Crippen LogP contribution in [0.25, 0.3) is 0 Å². The molecular weight excluding hydrogens is 450 g/mol. The van der Waals surface area contributed by atoms with Gasteiger partial charge in [-0.15, -0.1) is 0 Å². The second kappa shape index (κ2) is 12.0. The zero-order valence-corrected chi connectivity index (χ0v) is 21.9. The third-order valence-corrected chi connectivity index (χ3v) is 6.82. The molecule has 186 valence electrons. The van der Waals surface area contributed by atoms with E-state index in [0.29, 0.717) is 12.2 Å². The van der Waals surface area contributed by atoms with Crippen molar-refractivity contribution >= 4 is 27.5 Å². The van der Waals surface area contributed by atoms with Crippen LogP contribution in [0.3, 0.4) is 0 Å². The number of amides is 2. The van der Waals surface area contributed by atoms with E-state index in [-0.39, 0.29) is 24.9 Å². The van der Waals surface area contributed by atoms with Crippen LogP contribution in [0.5, 0.6) is 0 Å². The number of rotatable bonds is 11. The van der Waals surface area contributed by atoms with Gasteiger partial charge < -0.3 is 10.2 Å². The molecule has 0 aliphatic rings. The van der Waals surface area contributed by atoms with E-state index in [1.54, 1.807) is 19.1 Å². The van der Waals surface area contributed by atoms with E-state index in [0.717, 1.165) is 33.7 Å². The highest BCUT2D eigenvalue weighted by Gasteiger charge is 2.30. The Kier molecular flexibility index (Phi) is 9.67. The first-order valence-corrected chi connectivity index (χ1v) is 13.5. The predicted octanol–water partition coefficient (Wildman–Crippen LogP) is 3.83. The summed E-state index contributed by atoms with van der Waals surface area (Å²) in [7, 11) is -3.76. The lowest BCUT2D eigenvalue weighted by molar-refractivity contribution is -0.139. The van der Waals surface area contributed by atoms with Crippen molar-refractivity contribution < 1.29 is 18.0 Å². The van der Waals surface area contributed by atoms with Crippen molar-refractivity contribution in [1.82, 2.24) is 10.2 Å². The molecule has 0 aromatic heterocycles. The Balaban J connectivity index is 2.43. The fourth-order valence-corrected chi connectivity index (χ4v) is 4.53. The van der Waals surface area contributed by atoms with Gasteiger partial charge in [0.2, 0.25) is 21.8 Å². The first-order chi connectivity index (χ1) is 16.0. The second-order valence-corrected chi connectivity index (χ2v) is 10.9. The number of nitrogens with zero attached hydrogens (tertiary/aromatic N) is 2. The van der Waals surface area contributed by atoms with Gasteiger partial charge in [-0.2, -0.15) is 0 Å². The zero-order valence-electron chi connectivity index (χ0n) is 21.0. The van der Waals surface area contributed by atoms with Gasteiger partial charge >= 0.3 is 0 Å². The molecule has 2 aromatic carbocycles. The number of hydrogen-bond acceptors (Lipinski definition) is 4. The summed E-state index contributed by atoms with van der Waals surface area (Å²) in [5.41, 5.74) is 3.26. The maximum atomic E-state index is 13.6. The number of anilines is 1. The van der Waals surface area contributed by atoms with E-state index in [1.807, 2.05) is 64.1 Å². The molecule has 0 fully saturated rings. The topological polar surface area (TPSA) is 86.8 Å². The Morgan fingerprint density at radius 2 is 1.62 bits per heavy atom. The fraction of sp³-hybridized carbons (Fsp3) is 0.462. The number of carbonyl (C=O) groups is 2. The van der Waals surface area contributed by atoms with Crippen LogP contribution in [0.15, 0.2) is 48.5 Å². The Hall–Kier alpha value is -2.87. The number of aryl methyl sites for hydroxylation is 1. The molecule has 1 atom stereocenters. The third-order valence-electron chi connectivity index (χ3n) is 5.70. The van der Waals surface area contributed by atoms with E-state index in [1.165, 1.54) is 4.90 Å².